The van der Waals surface area contributed by atoms with E-state index in [4.69, 9.17) is 14.2 Å². The third-order valence-corrected chi connectivity index (χ3v) is 2.75. The van der Waals surface area contributed by atoms with Crippen LogP contribution in [-0.2, 0) is 4.74 Å². The summed E-state index contributed by atoms with van der Waals surface area (Å²) in [6.45, 7) is 1.69. The number of rotatable bonds is 4. The van der Waals surface area contributed by atoms with Crippen molar-refractivity contribution >= 4 is 0 Å². The first-order chi connectivity index (χ1) is 8.13. The zero-order chi connectivity index (χ0) is 12.4. The highest BCUT2D eigenvalue weighted by atomic mass is 16.7. The Morgan fingerprint density at radius 1 is 1.41 bits per heavy atom. The SMILES string of the molecule is COC(c1ccc2c(c1)OCO2)C(C)[N+](=O)[O-]. The van der Waals surface area contributed by atoms with Crippen LogP contribution in [-0.4, -0.2) is 24.9 Å². The summed E-state index contributed by atoms with van der Waals surface area (Å²) in [6, 6.07) is 4.38. The van der Waals surface area contributed by atoms with Gasteiger partial charge in [0.2, 0.25) is 12.8 Å². The zero-order valence-electron chi connectivity index (χ0n) is 9.58. The Hall–Kier alpha value is -1.82. The van der Waals surface area contributed by atoms with Crippen molar-refractivity contribution in [2.45, 2.75) is 19.1 Å². The van der Waals surface area contributed by atoms with Crippen LogP contribution in [0.1, 0.15) is 18.6 Å². The number of fused-ring (bicyclic) bond motifs is 1. The average molecular weight is 239 g/mol. The number of benzene rings is 1. The molecule has 6 nitrogen and oxygen atoms in total. The molecule has 2 unspecified atom stereocenters. The molecule has 0 fully saturated rings. The molecule has 1 aromatic carbocycles. The molecule has 0 aromatic heterocycles. The second-order valence-electron chi connectivity index (χ2n) is 3.79. The molecule has 1 aliphatic rings. The van der Waals surface area contributed by atoms with Crippen LogP contribution in [0.4, 0.5) is 0 Å². The highest BCUT2D eigenvalue weighted by molar-refractivity contribution is 5.45. The van der Waals surface area contributed by atoms with Crippen molar-refractivity contribution in [1.29, 1.82) is 0 Å². The van der Waals surface area contributed by atoms with Gasteiger partial charge in [0, 0.05) is 19.0 Å². The normalized spacial score (nSPS) is 16.6. The van der Waals surface area contributed by atoms with Gasteiger partial charge in [0.05, 0.1) is 0 Å². The third kappa shape index (κ3) is 2.16. The smallest absolute Gasteiger partial charge is 0.240 e. The van der Waals surface area contributed by atoms with Gasteiger partial charge in [-0.15, -0.1) is 0 Å². The van der Waals surface area contributed by atoms with E-state index >= 15 is 0 Å². The summed E-state index contributed by atoms with van der Waals surface area (Å²) in [5.74, 6) is 1.25. The summed E-state index contributed by atoms with van der Waals surface area (Å²) in [5, 5.41) is 10.8. The fourth-order valence-corrected chi connectivity index (χ4v) is 1.81. The minimum Gasteiger partial charge on any atom is -0.454 e. The highest BCUT2D eigenvalue weighted by Gasteiger charge is 2.29. The van der Waals surface area contributed by atoms with Gasteiger partial charge in [0.25, 0.3) is 0 Å². The van der Waals surface area contributed by atoms with Crippen LogP contribution >= 0.6 is 0 Å². The number of nitrogens with zero attached hydrogens (tertiary/aromatic N) is 1. The molecule has 0 radical (unpaired) electrons. The Kier molecular flexibility index (Phi) is 3.14. The molecular weight excluding hydrogens is 226 g/mol. The van der Waals surface area contributed by atoms with E-state index in [1.807, 2.05) is 0 Å². The Labute approximate surface area is 98.2 Å². The van der Waals surface area contributed by atoms with E-state index in [2.05, 4.69) is 0 Å². The van der Waals surface area contributed by atoms with Crippen molar-refractivity contribution in [3.05, 3.63) is 33.9 Å². The molecule has 0 saturated carbocycles. The van der Waals surface area contributed by atoms with Gasteiger partial charge >= 0.3 is 0 Å². The molecule has 2 rings (SSSR count). The van der Waals surface area contributed by atoms with E-state index < -0.39 is 12.1 Å². The first-order valence-corrected chi connectivity index (χ1v) is 5.19. The molecule has 1 aromatic rings. The monoisotopic (exact) mass is 239 g/mol. The van der Waals surface area contributed by atoms with Crippen molar-refractivity contribution in [3.8, 4) is 11.5 Å². The van der Waals surface area contributed by atoms with Crippen molar-refractivity contribution in [3.63, 3.8) is 0 Å². The summed E-state index contributed by atoms with van der Waals surface area (Å²) in [7, 11) is 1.45. The maximum absolute atomic E-state index is 10.8. The molecule has 6 heteroatoms. The minimum absolute atomic E-state index is 0.182. The standard InChI is InChI=1S/C11H13NO5/c1-7(12(13)14)11(15-2)8-3-4-9-10(5-8)17-6-16-9/h3-5,7,11H,6H2,1-2H3. The highest BCUT2D eigenvalue weighted by Crippen LogP contribution is 2.35. The minimum atomic E-state index is -0.819. The molecule has 1 aliphatic heterocycles. The van der Waals surface area contributed by atoms with Crippen LogP contribution in [0.3, 0.4) is 0 Å². The summed E-state index contributed by atoms with van der Waals surface area (Å²) < 4.78 is 15.6. The fourth-order valence-electron chi connectivity index (χ4n) is 1.81. The molecule has 0 N–H and O–H groups in total. The van der Waals surface area contributed by atoms with Crippen LogP contribution in [0.5, 0.6) is 11.5 Å². The first kappa shape index (κ1) is 11.7. The lowest BCUT2D eigenvalue weighted by atomic mass is 10.0. The molecule has 92 valence electrons. The van der Waals surface area contributed by atoms with Gasteiger partial charge in [-0.1, -0.05) is 6.07 Å². The van der Waals surface area contributed by atoms with E-state index in [1.54, 1.807) is 18.2 Å². The molecule has 17 heavy (non-hydrogen) atoms. The molecule has 0 saturated heterocycles. The number of nitro groups is 1. The predicted octanol–water partition coefficient (Wildman–Crippen LogP) is 1.77. The van der Waals surface area contributed by atoms with Crippen molar-refractivity contribution < 1.29 is 19.1 Å². The van der Waals surface area contributed by atoms with Gasteiger partial charge in [0.1, 0.15) is 6.10 Å². The van der Waals surface area contributed by atoms with Gasteiger partial charge < -0.3 is 14.2 Å². The van der Waals surface area contributed by atoms with Gasteiger partial charge in [-0.05, 0) is 17.7 Å². The zero-order valence-corrected chi connectivity index (χ0v) is 9.58. The summed E-state index contributed by atoms with van der Waals surface area (Å²) in [5.41, 5.74) is 0.709. The molecule has 0 spiro atoms. The predicted molar refractivity (Wildman–Crippen MR) is 58.8 cm³/mol. The van der Waals surface area contributed by atoms with Crippen LogP contribution in [0.2, 0.25) is 0 Å². The average Bonchev–Trinajstić information content (AvgIpc) is 2.77. The molecule has 0 aliphatic carbocycles. The van der Waals surface area contributed by atoms with Gasteiger partial charge in [-0.2, -0.15) is 0 Å². The number of methoxy groups -OCH3 is 1. The van der Waals surface area contributed by atoms with E-state index in [-0.39, 0.29) is 11.7 Å². The Morgan fingerprint density at radius 3 is 2.76 bits per heavy atom. The number of hydrogen-bond acceptors (Lipinski definition) is 5. The summed E-state index contributed by atoms with van der Waals surface area (Å²) >= 11 is 0. The van der Waals surface area contributed by atoms with E-state index in [1.165, 1.54) is 14.0 Å². The Bertz CT molecular complexity index is 434. The molecule has 2 atom stereocenters. The van der Waals surface area contributed by atoms with Crippen molar-refractivity contribution in [2.75, 3.05) is 13.9 Å². The largest absolute Gasteiger partial charge is 0.454 e. The lowest BCUT2D eigenvalue weighted by molar-refractivity contribution is -0.531. The topological polar surface area (TPSA) is 70.8 Å². The van der Waals surface area contributed by atoms with Gasteiger partial charge in [-0.3, -0.25) is 10.1 Å². The molecule has 1 heterocycles. The van der Waals surface area contributed by atoms with Crippen LogP contribution < -0.4 is 9.47 Å². The Balaban J connectivity index is 2.28. The van der Waals surface area contributed by atoms with Crippen LogP contribution in [0, 0.1) is 10.1 Å². The first-order valence-electron chi connectivity index (χ1n) is 5.19. The van der Waals surface area contributed by atoms with E-state index in [0.717, 1.165) is 0 Å². The second-order valence-corrected chi connectivity index (χ2v) is 3.79. The maximum Gasteiger partial charge on any atom is 0.240 e. The summed E-state index contributed by atoms with van der Waals surface area (Å²) in [6.07, 6.45) is -0.598. The van der Waals surface area contributed by atoms with Crippen molar-refractivity contribution in [1.82, 2.24) is 0 Å². The van der Waals surface area contributed by atoms with E-state index in [9.17, 15) is 10.1 Å². The number of ether oxygens (including phenoxy) is 3. The lowest BCUT2D eigenvalue weighted by Gasteiger charge is -2.17. The molecular formula is C11H13NO5. The molecule has 0 bridgehead atoms. The lowest BCUT2D eigenvalue weighted by Crippen LogP contribution is -2.25. The second kappa shape index (κ2) is 4.58. The van der Waals surface area contributed by atoms with Gasteiger partial charge in [-0.25, -0.2) is 0 Å². The van der Waals surface area contributed by atoms with Crippen LogP contribution in [0.15, 0.2) is 18.2 Å². The van der Waals surface area contributed by atoms with E-state index in [0.29, 0.717) is 17.1 Å². The fraction of sp³-hybridized carbons (Fsp3) is 0.455. The third-order valence-electron chi connectivity index (χ3n) is 2.75. The van der Waals surface area contributed by atoms with Crippen LogP contribution in [0.25, 0.3) is 0 Å². The van der Waals surface area contributed by atoms with Crippen molar-refractivity contribution in [2.24, 2.45) is 0 Å². The van der Waals surface area contributed by atoms with Gasteiger partial charge in [0.15, 0.2) is 11.5 Å². The summed E-state index contributed by atoms with van der Waals surface area (Å²) in [4.78, 5) is 10.4. The molecule has 0 amide bonds. The Morgan fingerprint density at radius 2 is 2.12 bits per heavy atom. The quantitative estimate of drug-likeness (QED) is 0.591. The maximum atomic E-state index is 10.8. The number of hydrogen-bond donors (Lipinski definition) is 0.